The number of para-hydroxylation sites is 1. The average molecular weight is 318 g/mol. The molecule has 0 saturated carbocycles. The molecule has 0 bridgehead atoms. The van der Waals surface area contributed by atoms with Gasteiger partial charge in [0, 0.05) is 22.8 Å². The van der Waals surface area contributed by atoms with Crippen LogP contribution in [0.4, 0.5) is 11.4 Å². The summed E-state index contributed by atoms with van der Waals surface area (Å²) in [6, 6.07) is 8.94. The van der Waals surface area contributed by atoms with Crippen LogP contribution in [0.2, 0.25) is 0 Å². The molecule has 22 heavy (non-hydrogen) atoms. The number of rotatable bonds is 2. The van der Waals surface area contributed by atoms with Crippen molar-refractivity contribution in [3.05, 3.63) is 47.0 Å². The van der Waals surface area contributed by atoms with E-state index in [-0.39, 0.29) is 27.8 Å². The van der Waals surface area contributed by atoms with Crippen LogP contribution in [0.15, 0.2) is 51.2 Å². The van der Waals surface area contributed by atoms with Gasteiger partial charge in [0.1, 0.15) is 6.67 Å². The molecule has 0 unspecified atom stereocenters. The molecule has 1 aliphatic rings. The molecule has 0 radical (unpaired) electrons. The molecule has 5 N–H and O–H groups in total. The van der Waals surface area contributed by atoms with Gasteiger partial charge < -0.3 is 11.5 Å². The zero-order valence-electron chi connectivity index (χ0n) is 11.5. The summed E-state index contributed by atoms with van der Waals surface area (Å²) in [5, 5.41) is 11.2. The number of fused-ring (bicyclic) bond motifs is 1. The van der Waals surface area contributed by atoms with Gasteiger partial charge in [-0.2, -0.15) is 0 Å². The van der Waals surface area contributed by atoms with Crippen molar-refractivity contribution in [2.24, 2.45) is 4.99 Å². The molecule has 2 aromatic carbocycles. The zero-order valence-corrected chi connectivity index (χ0v) is 12.3. The summed E-state index contributed by atoms with van der Waals surface area (Å²) >= 11 is 0. The summed E-state index contributed by atoms with van der Waals surface area (Å²) in [6.07, 6.45) is 1.43. The Bertz CT molecular complexity index is 950. The second kappa shape index (κ2) is 5.00. The highest BCUT2D eigenvalue weighted by atomic mass is 32.2. The maximum absolute atomic E-state index is 12.8. The van der Waals surface area contributed by atoms with Crippen molar-refractivity contribution in [2.75, 3.05) is 18.1 Å². The minimum Gasteiger partial charge on any atom is -0.399 e. The molecule has 114 valence electrons. The van der Waals surface area contributed by atoms with E-state index in [0.717, 1.165) is 5.06 Å². The molecule has 0 amide bonds. The summed E-state index contributed by atoms with van der Waals surface area (Å²) in [6.45, 7) is -0.0292. The molecule has 0 fully saturated rings. The SMILES string of the molecule is Nc1cc(N)cc(S(=O)(=O)c2cccc3c2=NCN(O)C=3)c1. The number of benzene rings is 2. The Morgan fingerprint density at radius 1 is 1.14 bits per heavy atom. The lowest BCUT2D eigenvalue weighted by Gasteiger charge is -2.14. The van der Waals surface area contributed by atoms with Crippen molar-refractivity contribution >= 4 is 27.4 Å². The maximum Gasteiger partial charge on any atom is 0.208 e. The van der Waals surface area contributed by atoms with Gasteiger partial charge in [0.2, 0.25) is 9.84 Å². The Morgan fingerprint density at radius 2 is 1.82 bits per heavy atom. The highest BCUT2D eigenvalue weighted by Gasteiger charge is 2.21. The van der Waals surface area contributed by atoms with Crippen molar-refractivity contribution in [1.82, 2.24) is 5.06 Å². The van der Waals surface area contributed by atoms with E-state index in [1.54, 1.807) is 12.1 Å². The van der Waals surface area contributed by atoms with Gasteiger partial charge in [-0.05, 0) is 24.3 Å². The van der Waals surface area contributed by atoms with E-state index in [1.165, 1.54) is 30.5 Å². The predicted molar refractivity (Wildman–Crippen MR) is 80.9 cm³/mol. The maximum atomic E-state index is 12.8. The van der Waals surface area contributed by atoms with E-state index in [4.69, 9.17) is 11.5 Å². The summed E-state index contributed by atoms with van der Waals surface area (Å²) in [4.78, 5) is 4.18. The van der Waals surface area contributed by atoms with E-state index in [2.05, 4.69) is 4.99 Å². The first-order valence-corrected chi connectivity index (χ1v) is 7.88. The number of hydrogen-bond donors (Lipinski definition) is 3. The van der Waals surface area contributed by atoms with Crippen LogP contribution in [0.25, 0.3) is 6.20 Å². The van der Waals surface area contributed by atoms with E-state index >= 15 is 0 Å². The molecular weight excluding hydrogens is 304 g/mol. The number of anilines is 2. The second-order valence-corrected chi connectivity index (χ2v) is 6.82. The summed E-state index contributed by atoms with van der Waals surface area (Å²) < 4.78 is 25.7. The van der Waals surface area contributed by atoms with Gasteiger partial charge in [0.25, 0.3) is 0 Å². The molecule has 2 aromatic rings. The van der Waals surface area contributed by atoms with Gasteiger partial charge >= 0.3 is 0 Å². The average Bonchev–Trinajstić information content (AvgIpc) is 2.45. The Hall–Kier alpha value is -2.58. The standard InChI is InChI=1S/C14H14N4O3S/c15-10-4-11(16)6-12(5-10)22(20,21)13-3-1-2-9-7-18(19)8-17-14(9)13/h1-7,19H,8,15-16H2. The van der Waals surface area contributed by atoms with E-state index in [0.29, 0.717) is 10.6 Å². The number of nitrogen functional groups attached to an aromatic ring is 2. The number of nitrogens with zero attached hydrogens (tertiary/aromatic N) is 2. The van der Waals surface area contributed by atoms with Crippen molar-refractivity contribution in [2.45, 2.75) is 9.79 Å². The van der Waals surface area contributed by atoms with Crippen molar-refractivity contribution in [3.8, 4) is 0 Å². The van der Waals surface area contributed by atoms with Gasteiger partial charge in [-0.1, -0.05) is 12.1 Å². The van der Waals surface area contributed by atoms with Crippen LogP contribution in [0.1, 0.15) is 0 Å². The Balaban J connectivity index is 2.28. The second-order valence-electron chi connectivity index (χ2n) is 4.90. The van der Waals surface area contributed by atoms with E-state index < -0.39 is 9.84 Å². The molecule has 0 spiro atoms. The molecular formula is C14H14N4O3S. The Kier molecular flexibility index (Phi) is 3.27. The topological polar surface area (TPSA) is 122 Å². The highest BCUT2D eigenvalue weighted by molar-refractivity contribution is 7.91. The fourth-order valence-electron chi connectivity index (χ4n) is 2.30. The molecule has 0 aliphatic carbocycles. The van der Waals surface area contributed by atoms with Gasteiger partial charge in [-0.15, -0.1) is 0 Å². The minimum absolute atomic E-state index is 0.0139. The molecule has 0 aromatic heterocycles. The molecule has 3 rings (SSSR count). The van der Waals surface area contributed by atoms with Crippen LogP contribution in [-0.2, 0) is 9.84 Å². The third-order valence-corrected chi connectivity index (χ3v) is 5.01. The fourth-order valence-corrected chi connectivity index (χ4v) is 3.83. The number of sulfone groups is 1. The molecule has 1 heterocycles. The largest absolute Gasteiger partial charge is 0.399 e. The van der Waals surface area contributed by atoms with Crippen molar-refractivity contribution in [3.63, 3.8) is 0 Å². The first-order chi connectivity index (χ1) is 10.4. The lowest BCUT2D eigenvalue weighted by molar-refractivity contribution is -0.0200. The first-order valence-electron chi connectivity index (χ1n) is 6.40. The van der Waals surface area contributed by atoms with E-state index in [9.17, 15) is 13.6 Å². The van der Waals surface area contributed by atoms with Crippen LogP contribution in [0.5, 0.6) is 0 Å². The summed E-state index contributed by atoms with van der Waals surface area (Å²) in [5.41, 5.74) is 11.9. The molecule has 8 heteroatoms. The highest BCUT2D eigenvalue weighted by Crippen LogP contribution is 2.23. The van der Waals surface area contributed by atoms with Gasteiger partial charge in [-0.25, -0.2) is 13.5 Å². The Morgan fingerprint density at radius 3 is 2.50 bits per heavy atom. The van der Waals surface area contributed by atoms with Crippen LogP contribution < -0.4 is 22.0 Å². The van der Waals surface area contributed by atoms with Gasteiger partial charge in [0.15, 0.2) is 0 Å². The fraction of sp³-hybridized carbons (Fsp3) is 0.0714. The molecule has 1 aliphatic heterocycles. The molecule has 0 saturated heterocycles. The normalized spacial score (nSPS) is 14.0. The molecule has 7 nitrogen and oxygen atoms in total. The van der Waals surface area contributed by atoms with Crippen LogP contribution in [0, 0.1) is 0 Å². The van der Waals surface area contributed by atoms with Gasteiger partial charge in [0.05, 0.1) is 15.1 Å². The van der Waals surface area contributed by atoms with Crippen molar-refractivity contribution in [1.29, 1.82) is 0 Å². The van der Waals surface area contributed by atoms with Crippen LogP contribution in [-0.4, -0.2) is 25.4 Å². The number of hydrogen-bond acceptors (Lipinski definition) is 7. The quantitative estimate of drug-likeness (QED) is 0.654. The van der Waals surface area contributed by atoms with Crippen LogP contribution in [0.3, 0.4) is 0 Å². The smallest absolute Gasteiger partial charge is 0.208 e. The third-order valence-electron chi connectivity index (χ3n) is 3.24. The lowest BCUT2D eigenvalue weighted by atomic mass is 10.3. The lowest BCUT2D eigenvalue weighted by Crippen LogP contribution is -2.37. The van der Waals surface area contributed by atoms with E-state index in [1.807, 2.05) is 0 Å². The summed E-state index contributed by atoms with van der Waals surface area (Å²) in [5.74, 6) is 0. The van der Waals surface area contributed by atoms with Gasteiger partial charge in [-0.3, -0.25) is 10.2 Å². The number of hydroxylamine groups is 2. The summed E-state index contributed by atoms with van der Waals surface area (Å²) in [7, 11) is -3.82. The van der Waals surface area contributed by atoms with Crippen LogP contribution >= 0.6 is 0 Å². The number of nitrogens with two attached hydrogens (primary N) is 2. The third kappa shape index (κ3) is 2.38. The Labute approximate surface area is 126 Å². The zero-order chi connectivity index (χ0) is 15.9. The van der Waals surface area contributed by atoms with Crippen molar-refractivity contribution < 1.29 is 13.6 Å². The molecule has 0 atom stereocenters. The minimum atomic E-state index is -3.82. The monoisotopic (exact) mass is 318 g/mol. The predicted octanol–water partition coefficient (Wildman–Crippen LogP) is -0.296. The first kappa shape index (κ1) is 14.4.